The first-order chi connectivity index (χ1) is 10.9. The van der Waals surface area contributed by atoms with E-state index in [1.165, 1.54) is 0 Å². The third kappa shape index (κ3) is 3.85. The Morgan fingerprint density at radius 2 is 1.39 bits per heavy atom. The molecule has 2 saturated heterocycles. The first-order valence-corrected chi connectivity index (χ1v) is 8.15. The largest absolute Gasteiger partial charge is 0.394 e. The average molecular weight is 336 g/mol. The molecule has 2 aliphatic heterocycles. The smallest absolute Gasteiger partial charge is 0.107 e. The molecule has 136 valence electrons. The predicted octanol–water partition coefficient (Wildman–Crippen LogP) is -2.39. The number of hydrogen-bond donors (Lipinski definition) is 6. The highest BCUT2D eigenvalue weighted by atomic mass is 16.5. The molecule has 6 N–H and O–H groups in total. The summed E-state index contributed by atoms with van der Waals surface area (Å²) in [5.41, 5.74) is 0. The van der Waals surface area contributed by atoms with Crippen molar-refractivity contribution in [1.82, 2.24) is 0 Å². The van der Waals surface area contributed by atoms with Gasteiger partial charge in [0.15, 0.2) is 0 Å². The molecular weight excluding hydrogens is 308 g/mol. The minimum atomic E-state index is -1.08. The highest BCUT2D eigenvalue weighted by Gasteiger charge is 2.47. The molecule has 8 unspecified atom stereocenters. The molecule has 2 fully saturated rings. The van der Waals surface area contributed by atoms with Crippen molar-refractivity contribution in [2.75, 3.05) is 19.8 Å². The second-order valence-corrected chi connectivity index (χ2v) is 6.46. The zero-order chi connectivity index (χ0) is 17.1. The van der Waals surface area contributed by atoms with Crippen LogP contribution in [0.25, 0.3) is 0 Å². The van der Waals surface area contributed by atoms with E-state index in [-0.39, 0.29) is 26.2 Å². The van der Waals surface area contributed by atoms with Gasteiger partial charge in [0.25, 0.3) is 0 Å². The van der Waals surface area contributed by atoms with Crippen LogP contribution >= 0.6 is 0 Å². The molecule has 0 aromatic rings. The molecule has 0 aromatic heterocycles. The number of ether oxygens (including phenoxy) is 2. The van der Waals surface area contributed by atoms with E-state index in [9.17, 15) is 30.6 Å². The Kier molecular flexibility index (Phi) is 6.76. The van der Waals surface area contributed by atoms with Gasteiger partial charge in [-0.05, 0) is 12.8 Å². The van der Waals surface area contributed by atoms with Crippen LogP contribution in [-0.4, -0.2) is 93.2 Å². The van der Waals surface area contributed by atoms with E-state index in [0.29, 0.717) is 6.42 Å². The van der Waals surface area contributed by atoms with E-state index in [1.54, 1.807) is 0 Å². The van der Waals surface area contributed by atoms with Gasteiger partial charge < -0.3 is 40.1 Å². The lowest BCUT2D eigenvalue weighted by molar-refractivity contribution is -0.229. The Balaban J connectivity index is 2.10. The first kappa shape index (κ1) is 19.0. The van der Waals surface area contributed by atoms with Crippen LogP contribution in [0.3, 0.4) is 0 Å². The van der Waals surface area contributed by atoms with E-state index in [2.05, 4.69) is 0 Å². The standard InChI is InChI=1S/C15H28O8/c1-2-7-13(19)10(23-12(5-17)14(7)20)3-8-9(18)6-22-11(4-16)15(8)21/h7-21H,2-6H2,1H3/t7?,8?,9-,10?,11?,12?,13?,14?,15?/m1/s1. The summed E-state index contributed by atoms with van der Waals surface area (Å²) in [6.07, 6.45) is -5.63. The molecule has 23 heavy (non-hydrogen) atoms. The maximum absolute atomic E-state index is 10.4. The van der Waals surface area contributed by atoms with E-state index < -0.39 is 54.6 Å². The van der Waals surface area contributed by atoms with E-state index in [4.69, 9.17) is 9.47 Å². The molecule has 0 spiro atoms. The number of aliphatic hydroxyl groups excluding tert-OH is 6. The summed E-state index contributed by atoms with van der Waals surface area (Å²) in [6.45, 7) is 1.07. The molecule has 9 atom stereocenters. The SMILES string of the molecule is CCC1C(O)C(CO)OC(CC2C(O)C(CO)OC[C@H]2O)C1O. The topological polar surface area (TPSA) is 140 Å². The van der Waals surface area contributed by atoms with Crippen LogP contribution in [0.15, 0.2) is 0 Å². The van der Waals surface area contributed by atoms with Gasteiger partial charge in [-0.25, -0.2) is 0 Å². The molecule has 8 heteroatoms. The molecule has 2 aliphatic rings. The lowest BCUT2D eigenvalue weighted by Gasteiger charge is -2.45. The fourth-order valence-corrected chi connectivity index (χ4v) is 3.64. The third-order valence-electron chi connectivity index (χ3n) is 5.12. The van der Waals surface area contributed by atoms with Gasteiger partial charge in [0, 0.05) is 11.8 Å². The van der Waals surface area contributed by atoms with E-state index >= 15 is 0 Å². The molecule has 0 aliphatic carbocycles. The monoisotopic (exact) mass is 336 g/mol. The minimum Gasteiger partial charge on any atom is -0.394 e. The van der Waals surface area contributed by atoms with Crippen LogP contribution in [0, 0.1) is 11.8 Å². The Morgan fingerprint density at radius 3 is 1.96 bits per heavy atom. The fraction of sp³-hybridized carbons (Fsp3) is 1.00. The normalized spacial score (nSPS) is 48.4. The van der Waals surface area contributed by atoms with Crippen LogP contribution in [0.5, 0.6) is 0 Å². The molecule has 0 radical (unpaired) electrons. The second-order valence-electron chi connectivity index (χ2n) is 6.46. The molecule has 2 rings (SSSR count). The highest BCUT2D eigenvalue weighted by Crippen LogP contribution is 2.34. The van der Waals surface area contributed by atoms with Crippen molar-refractivity contribution in [2.45, 2.75) is 62.5 Å². The summed E-state index contributed by atoms with van der Waals surface area (Å²) in [5.74, 6) is -1.08. The summed E-state index contributed by atoms with van der Waals surface area (Å²) < 4.78 is 10.8. The predicted molar refractivity (Wildman–Crippen MR) is 78.5 cm³/mol. The van der Waals surface area contributed by atoms with E-state index in [1.807, 2.05) is 6.92 Å². The quantitative estimate of drug-likeness (QED) is 0.327. The van der Waals surface area contributed by atoms with Gasteiger partial charge in [0.1, 0.15) is 12.2 Å². The lowest BCUT2D eigenvalue weighted by atomic mass is 9.78. The summed E-state index contributed by atoms with van der Waals surface area (Å²) >= 11 is 0. The summed E-state index contributed by atoms with van der Waals surface area (Å²) in [4.78, 5) is 0. The van der Waals surface area contributed by atoms with Gasteiger partial charge in [-0.2, -0.15) is 0 Å². The number of aliphatic hydroxyl groups is 6. The Bertz CT molecular complexity index is 367. The summed E-state index contributed by atoms with van der Waals surface area (Å²) in [7, 11) is 0. The fourth-order valence-electron chi connectivity index (χ4n) is 3.64. The van der Waals surface area contributed by atoms with Crippen molar-refractivity contribution in [1.29, 1.82) is 0 Å². The van der Waals surface area contributed by atoms with Gasteiger partial charge in [0.05, 0.1) is 50.3 Å². The summed E-state index contributed by atoms with van der Waals surface area (Å²) in [6, 6.07) is 0. The zero-order valence-electron chi connectivity index (χ0n) is 13.2. The van der Waals surface area contributed by atoms with Crippen molar-refractivity contribution in [3.8, 4) is 0 Å². The maximum Gasteiger partial charge on any atom is 0.107 e. The first-order valence-electron chi connectivity index (χ1n) is 8.15. The number of hydrogen-bond acceptors (Lipinski definition) is 8. The third-order valence-corrected chi connectivity index (χ3v) is 5.12. The van der Waals surface area contributed by atoms with Crippen molar-refractivity contribution < 1.29 is 40.1 Å². The van der Waals surface area contributed by atoms with Crippen LogP contribution in [0.1, 0.15) is 19.8 Å². The molecular formula is C15H28O8. The van der Waals surface area contributed by atoms with Crippen LogP contribution in [-0.2, 0) is 9.47 Å². The Labute approximate surface area is 135 Å². The van der Waals surface area contributed by atoms with Crippen molar-refractivity contribution >= 4 is 0 Å². The maximum atomic E-state index is 10.4. The second kappa shape index (κ2) is 8.17. The molecule has 0 saturated carbocycles. The molecule has 2 heterocycles. The van der Waals surface area contributed by atoms with Gasteiger partial charge in [-0.1, -0.05) is 6.92 Å². The molecule has 0 bridgehead atoms. The van der Waals surface area contributed by atoms with Gasteiger partial charge >= 0.3 is 0 Å². The highest BCUT2D eigenvalue weighted by molar-refractivity contribution is 4.95. The Hall–Kier alpha value is -0.320. The van der Waals surface area contributed by atoms with Crippen molar-refractivity contribution in [3.05, 3.63) is 0 Å². The van der Waals surface area contributed by atoms with Crippen LogP contribution < -0.4 is 0 Å². The van der Waals surface area contributed by atoms with Gasteiger partial charge in [-0.3, -0.25) is 0 Å². The lowest BCUT2D eigenvalue weighted by Crippen LogP contribution is -2.58. The molecule has 8 nitrogen and oxygen atoms in total. The summed E-state index contributed by atoms with van der Waals surface area (Å²) in [5, 5.41) is 59.4. The van der Waals surface area contributed by atoms with Crippen molar-refractivity contribution in [3.63, 3.8) is 0 Å². The Morgan fingerprint density at radius 1 is 0.826 bits per heavy atom. The van der Waals surface area contributed by atoms with E-state index in [0.717, 1.165) is 0 Å². The van der Waals surface area contributed by atoms with Crippen LogP contribution in [0.4, 0.5) is 0 Å². The minimum absolute atomic E-state index is 0.0149. The zero-order valence-corrected chi connectivity index (χ0v) is 13.2. The molecule has 0 amide bonds. The van der Waals surface area contributed by atoms with Crippen molar-refractivity contribution in [2.24, 2.45) is 11.8 Å². The number of rotatable bonds is 5. The van der Waals surface area contributed by atoms with Crippen LogP contribution in [0.2, 0.25) is 0 Å². The molecule has 0 aromatic carbocycles. The van der Waals surface area contributed by atoms with Gasteiger partial charge in [-0.15, -0.1) is 0 Å². The average Bonchev–Trinajstić information content (AvgIpc) is 2.54. The van der Waals surface area contributed by atoms with Gasteiger partial charge in [0.2, 0.25) is 0 Å².